The van der Waals surface area contributed by atoms with Crippen molar-refractivity contribution in [1.82, 2.24) is 9.80 Å². The molecule has 1 aliphatic rings. The summed E-state index contributed by atoms with van der Waals surface area (Å²) in [4.78, 5) is 15.8. The second kappa shape index (κ2) is 7.46. The first-order chi connectivity index (χ1) is 9.09. The Kier molecular flexibility index (Phi) is 6.26. The molecule has 1 rings (SSSR count). The molecular formula is C14H25N3O2. The largest absolute Gasteiger partial charge is 0.395 e. The number of hydrogen-bond acceptors (Lipinski definition) is 4. The Balaban J connectivity index is 2.66. The fraction of sp³-hybridized carbons (Fsp3) is 0.857. The molecule has 0 aromatic carbocycles. The van der Waals surface area contributed by atoms with Crippen LogP contribution in [0.2, 0.25) is 0 Å². The fourth-order valence-corrected chi connectivity index (χ4v) is 2.69. The fourth-order valence-electron chi connectivity index (χ4n) is 2.69. The minimum atomic E-state index is -0.617. The molecule has 0 aromatic rings. The van der Waals surface area contributed by atoms with E-state index in [1.165, 1.54) is 0 Å². The summed E-state index contributed by atoms with van der Waals surface area (Å²) in [5, 5.41) is 18.4. The van der Waals surface area contributed by atoms with Gasteiger partial charge in [0.1, 0.15) is 5.54 Å². The molecule has 19 heavy (non-hydrogen) atoms. The maximum absolute atomic E-state index is 12.3. The highest BCUT2D eigenvalue weighted by Gasteiger charge is 2.38. The number of amides is 1. The van der Waals surface area contributed by atoms with Gasteiger partial charge >= 0.3 is 0 Å². The predicted octanol–water partition coefficient (Wildman–Crippen LogP) is 0.985. The Morgan fingerprint density at radius 2 is 2.00 bits per heavy atom. The third-order valence-corrected chi connectivity index (χ3v) is 4.13. The van der Waals surface area contributed by atoms with Crippen LogP contribution in [0.4, 0.5) is 0 Å². The number of hydrogen-bond donors (Lipinski definition) is 1. The molecular weight excluding hydrogens is 242 g/mol. The third kappa shape index (κ3) is 3.92. The van der Waals surface area contributed by atoms with Crippen LogP contribution in [0.1, 0.15) is 39.0 Å². The molecule has 0 heterocycles. The lowest BCUT2D eigenvalue weighted by atomic mass is 9.81. The molecule has 0 radical (unpaired) electrons. The van der Waals surface area contributed by atoms with Crippen LogP contribution < -0.4 is 0 Å². The number of aliphatic hydroxyl groups is 1. The molecule has 1 aliphatic carbocycles. The Morgan fingerprint density at radius 3 is 2.47 bits per heavy atom. The zero-order valence-corrected chi connectivity index (χ0v) is 12.1. The lowest BCUT2D eigenvalue weighted by Crippen LogP contribution is -2.52. The van der Waals surface area contributed by atoms with Crippen molar-refractivity contribution in [2.45, 2.75) is 44.6 Å². The third-order valence-electron chi connectivity index (χ3n) is 4.13. The Hall–Kier alpha value is -1.12. The summed E-state index contributed by atoms with van der Waals surface area (Å²) < 4.78 is 0. The summed E-state index contributed by atoms with van der Waals surface area (Å²) in [6, 6.07) is 2.36. The summed E-state index contributed by atoms with van der Waals surface area (Å²) in [6.07, 6.45) is 4.73. The minimum Gasteiger partial charge on any atom is -0.395 e. The number of rotatable bonds is 6. The second-order valence-electron chi connectivity index (χ2n) is 5.25. The van der Waals surface area contributed by atoms with Gasteiger partial charge in [-0.3, -0.25) is 9.69 Å². The van der Waals surface area contributed by atoms with Crippen molar-refractivity contribution in [3.05, 3.63) is 0 Å². The summed E-state index contributed by atoms with van der Waals surface area (Å²) in [5.41, 5.74) is -0.617. The number of likely N-dealkylation sites (N-methyl/N-ethyl adjacent to an activating group) is 2. The van der Waals surface area contributed by atoms with Gasteiger partial charge in [-0.25, -0.2) is 0 Å². The van der Waals surface area contributed by atoms with Crippen molar-refractivity contribution < 1.29 is 9.90 Å². The molecule has 1 N–H and O–H groups in total. The van der Waals surface area contributed by atoms with E-state index in [4.69, 9.17) is 5.11 Å². The standard InChI is InChI=1S/C14H25N3O2/c1-3-17(9-10-18)11-13(19)16(2)14(12-15)7-5-4-6-8-14/h18H,3-11H2,1-2H3. The van der Waals surface area contributed by atoms with Crippen LogP contribution in [0.25, 0.3) is 0 Å². The van der Waals surface area contributed by atoms with E-state index < -0.39 is 5.54 Å². The lowest BCUT2D eigenvalue weighted by molar-refractivity contribution is -0.136. The van der Waals surface area contributed by atoms with E-state index in [9.17, 15) is 10.1 Å². The van der Waals surface area contributed by atoms with Gasteiger partial charge in [-0.15, -0.1) is 0 Å². The van der Waals surface area contributed by atoms with Crippen molar-refractivity contribution in [2.24, 2.45) is 0 Å². The molecule has 5 nitrogen and oxygen atoms in total. The van der Waals surface area contributed by atoms with Crippen molar-refractivity contribution in [3.8, 4) is 6.07 Å². The van der Waals surface area contributed by atoms with Gasteiger partial charge in [-0.2, -0.15) is 5.26 Å². The first-order valence-corrected chi connectivity index (χ1v) is 7.10. The van der Waals surface area contributed by atoms with Crippen LogP contribution in [0.15, 0.2) is 0 Å². The molecule has 0 aliphatic heterocycles. The SMILES string of the molecule is CCN(CCO)CC(=O)N(C)C1(C#N)CCCCC1. The zero-order chi connectivity index (χ0) is 14.3. The molecule has 0 atom stereocenters. The summed E-state index contributed by atoms with van der Waals surface area (Å²) in [6.45, 7) is 3.50. The summed E-state index contributed by atoms with van der Waals surface area (Å²) >= 11 is 0. The average molecular weight is 267 g/mol. The Labute approximate surface area is 115 Å². The monoisotopic (exact) mass is 267 g/mol. The quantitative estimate of drug-likeness (QED) is 0.779. The molecule has 1 fully saturated rings. The lowest BCUT2D eigenvalue weighted by Gasteiger charge is -2.39. The van der Waals surface area contributed by atoms with Gasteiger partial charge < -0.3 is 10.0 Å². The van der Waals surface area contributed by atoms with Crippen LogP contribution in [-0.2, 0) is 4.79 Å². The highest BCUT2D eigenvalue weighted by atomic mass is 16.3. The highest BCUT2D eigenvalue weighted by molar-refractivity contribution is 5.79. The maximum Gasteiger partial charge on any atom is 0.237 e. The maximum atomic E-state index is 12.3. The van der Waals surface area contributed by atoms with E-state index in [0.29, 0.717) is 6.54 Å². The molecule has 0 spiro atoms. The van der Waals surface area contributed by atoms with Gasteiger partial charge in [-0.05, 0) is 19.4 Å². The molecule has 0 aromatic heterocycles. The van der Waals surface area contributed by atoms with Gasteiger partial charge in [0.15, 0.2) is 0 Å². The smallest absolute Gasteiger partial charge is 0.237 e. The Morgan fingerprint density at radius 1 is 1.37 bits per heavy atom. The molecule has 0 saturated heterocycles. The van der Waals surface area contributed by atoms with Crippen LogP contribution >= 0.6 is 0 Å². The number of carbonyl (C=O) groups is 1. The molecule has 0 bridgehead atoms. The van der Waals surface area contributed by atoms with Crippen LogP contribution in [-0.4, -0.2) is 59.6 Å². The zero-order valence-electron chi connectivity index (χ0n) is 12.1. The van der Waals surface area contributed by atoms with Crippen molar-refractivity contribution in [3.63, 3.8) is 0 Å². The molecule has 1 amide bonds. The minimum absolute atomic E-state index is 0.0289. The van der Waals surface area contributed by atoms with Crippen LogP contribution in [0, 0.1) is 11.3 Å². The van der Waals surface area contributed by atoms with Gasteiger partial charge in [-0.1, -0.05) is 26.2 Å². The first-order valence-electron chi connectivity index (χ1n) is 7.10. The van der Waals surface area contributed by atoms with Gasteiger partial charge in [0, 0.05) is 13.6 Å². The van der Waals surface area contributed by atoms with E-state index in [-0.39, 0.29) is 19.1 Å². The summed E-state index contributed by atoms with van der Waals surface area (Å²) in [7, 11) is 1.74. The van der Waals surface area contributed by atoms with E-state index in [1.807, 2.05) is 11.8 Å². The average Bonchev–Trinajstić information content (AvgIpc) is 2.46. The van der Waals surface area contributed by atoms with Crippen molar-refractivity contribution >= 4 is 5.91 Å². The van der Waals surface area contributed by atoms with E-state index in [0.717, 1.165) is 38.6 Å². The van der Waals surface area contributed by atoms with Crippen molar-refractivity contribution in [1.29, 1.82) is 5.26 Å². The second-order valence-corrected chi connectivity index (χ2v) is 5.25. The van der Waals surface area contributed by atoms with E-state index >= 15 is 0 Å². The molecule has 5 heteroatoms. The molecule has 1 saturated carbocycles. The number of carbonyl (C=O) groups excluding carboxylic acids is 1. The van der Waals surface area contributed by atoms with Crippen LogP contribution in [0.3, 0.4) is 0 Å². The van der Waals surface area contributed by atoms with Crippen molar-refractivity contribution in [2.75, 3.05) is 33.3 Å². The molecule has 108 valence electrons. The number of nitrogens with zero attached hydrogens (tertiary/aromatic N) is 3. The van der Waals surface area contributed by atoms with Crippen LogP contribution in [0.5, 0.6) is 0 Å². The highest BCUT2D eigenvalue weighted by Crippen LogP contribution is 2.32. The van der Waals surface area contributed by atoms with E-state index in [2.05, 4.69) is 6.07 Å². The number of nitriles is 1. The predicted molar refractivity (Wildman–Crippen MR) is 73.4 cm³/mol. The first kappa shape index (κ1) is 15.9. The van der Waals surface area contributed by atoms with E-state index in [1.54, 1.807) is 11.9 Å². The molecule has 0 unspecified atom stereocenters. The number of aliphatic hydroxyl groups excluding tert-OH is 1. The van der Waals surface area contributed by atoms with Gasteiger partial charge in [0.25, 0.3) is 0 Å². The van der Waals surface area contributed by atoms with Gasteiger partial charge in [0.2, 0.25) is 5.91 Å². The summed E-state index contributed by atoms with van der Waals surface area (Å²) in [5.74, 6) is -0.0289. The normalized spacial score (nSPS) is 18.1. The Bertz CT molecular complexity index is 332. The topological polar surface area (TPSA) is 67.6 Å². The van der Waals surface area contributed by atoms with Gasteiger partial charge in [0.05, 0.1) is 19.2 Å².